The molecule has 0 unspecified atom stereocenters. The molecule has 0 spiro atoms. The van der Waals surface area contributed by atoms with Gasteiger partial charge in [0.05, 0.1) is 5.97 Å². The van der Waals surface area contributed by atoms with Crippen molar-refractivity contribution in [3.8, 4) is 0 Å². The van der Waals surface area contributed by atoms with Crippen molar-refractivity contribution < 1.29 is 34.8 Å². The van der Waals surface area contributed by atoms with Crippen molar-refractivity contribution in [2.24, 2.45) is 0 Å². The maximum Gasteiger partial charge on any atom is 3.00 e. The Kier molecular flexibility index (Phi) is 6.58. The van der Waals surface area contributed by atoms with Crippen LogP contribution in [0.5, 0.6) is 0 Å². The quantitative estimate of drug-likeness (QED) is 0.533. The van der Waals surface area contributed by atoms with Crippen molar-refractivity contribution >= 4 is 43.8 Å². The van der Waals surface area contributed by atoms with Gasteiger partial charge in [-0.25, -0.2) is 0 Å². The van der Waals surface area contributed by atoms with E-state index >= 15 is 0 Å². The maximum absolute atomic E-state index is 10.1. The van der Waals surface area contributed by atoms with Gasteiger partial charge in [-0.15, -0.1) is 0 Å². The van der Waals surface area contributed by atoms with Crippen LogP contribution in [0.2, 0.25) is 0 Å². The summed E-state index contributed by atoms with van der Waals surface area (Å²) in [4.78, 5) is 30.0. The Hall–Kier alpha value is -0.760. The molecule has 0 heterocycles. The van der Waals surface area contributed by atoms with Crippen LogP contribution in [-0.2, 0) is 14.4 Å². The van der Waals surface area contributed by atoms with Crippen LogP contribution < -0.4 is 15.3 Å². The number of carboxylic acid groups (broad SMARTS) is 3. The minimum absolute atomic E-state index is 0. The largest absolute Gasteiger partial charge is 3.00 e. The zero-order chi connectivity index (χ0) is 10.6. The second kappa shape index (κ2) is 5.86. The first-order chi connectivity index (χ1) is 5.78. The fourth-order valence-electron chi connectivity index (χ4n) is 0.684. The van der Waals surface area contributed by atoms with E-state index in [4.69, 9.17) is 5.11 Å². The summed E-state index contributed by atoms with van der Waals surface area (Å²) >= 11 is 0. The molecule has 8 heteroatoms. The molecule has 1 N–H and O–H groups in total. The molecular weight excluding hydrogens is 295 g/mol. The van der Waals surface area contributed by atoms with Crippen LogP contribution in [0.3, 0.4) is 0 Å². The van der Waals surface area contributed by atoms with Crippen LogP contribution in [0.4, 0.5) is 0 Å². The molecule has 74 valence electrons. The summed E-state index contributed by atoms with van der Waals surface area (Å²) in [6.07, 6.45) is -2.72. The second-order valence-corrected chi connectivity index (χ2v) is 2.42. The Balaban J connectivity index is 0. The van der Waals surface area contributed by atoms with E-state index in [0.29, 0.717) is 0 Å². The van der Waals surface area contributed by atoms with E-state index in [9.17, 15) is 29.7 Å². The van der Waals surface area contributed by atoms with Crippen LogP contribution in [0.1, 0.15) is 12.8 Å². The number of aliphatic carboxylic acids is 3. The Morgan fingerprint density at radius 2 is 1.29 bits per heavy atom. The molecule has 0 atom stereocenters. The van der Waals surface area contributed by atoms with Crippen molar-refractivity contribution in [3.63, 3.8) is 0 Å². The summed E-state index contributed by atoms with van der Waals surface area (Å²) in [7, 11) is 0. The number of hydrogen-bond acceptors (Lipinski definition) is 7. The molecule has 0 aliphatic rings. The Morgan fingerprint density at radius 1 is 1.00 bits per heavy atom. The van der Waals surface area contributed by atoms with E-state index in [2.05, 4.69) is 0 Å². The molecule has 0 bridgehead atoms. The fourth-order valence-corrected chi connectivity index (χ4v) is 0.684. The number of carbonyl (C=O) groups is 3. The number of hydrogen-bond donors (Lipinski definition) is 1. The Labute approximate surface area is 97.1 Å². The normalized spacial score (nSPS) is 10.1. The van der Waals surface area contributed by atoms with Gasteiger partial charge in [-0.1, -0.05) is 0 Å². The van der Waals surface area contributed by atoms with Gasteiger partial charge in [0.25, 0.3) is 0 Å². The topological polar surface area (TPSA) is 141 Å². The van der Waals surface area contributed by atoms with E-state index < -0.39 is 36.4 Å². The molecular formula is C6H5InO7. The third kappa shape index (κ3) is 5.07. The van der Waals surface area contributed by atoms with Crippen LogP contribution in [0.25, 0.3) is 0 Å². The van der Waals surface area contributed by atoms with E-state index in [1.54, 1.807) is 0 Å². The first-order valence-electron chi connectivity index (χ1n) is 3.11. The number of carboxylic acids is 3. The van der Waals surface area contributed by atoms with Gasteiger partial charge < -0.3 is 34.8 Å². The van der Waals surface area contributed by atoms with Gasteiger partial charge in [-0.2, -0.15) is 0 Å². The van der Waals surface area contributed by atoms with Crippen molar-refractivity contribution in [1.29, 1.82) is 0 Å². The van der Waals surface area contributed by atoms with E-state index in [0.717, 1.165) is 0 Å². The maximum atomic E-state index is 10.1. The van der Waals surface area contributed by atoms with Gasteiger partial charge in [0, 0.05) is 24.8 Å². The summed E-state index contributed by atoms with van der Waals surface area (Å²) < 4.78 is 0. The van der Waals surface area contributed by atoms with Crippen molar-refractivity contribution in [2.45, 2.75) is 18.4 Å². The van der Waals surface area contributed by atoms with E-state index in [-0.39, 0.29) is 25.8 Å². The Bertz CT molecular complexity index is 233. The van der Waals surface area contributed by atoms with Crippen LogP contribution >= 0.6 is 0 Å². The predicted molar refractivity (Wildman–Crippen MR) is 35.0 cm³/mol. The first kappa shape index (κ1) is 15.7. The minimum atomic E-state index is -2.97. The third-order valence-electron chi connectivity index (χ3n) is 1.25. The zero-order valence-electron chi connectivity index (χ0n) is 6.89. The van der Waals surface area contributed by atoms with Gasteiger partial charge in [0.1, 0.15) is 5.60 Å². The summed E-state index contributed by atoms with van der Waals surface area (Å²) in [6.45, 7) is 0. The molecule has 0 aliphatic carbocycles. The molecule has 0 radical (unpaired) electrons. The molecule has 0 saturated heterocycles. The molecule has 0 aliphatic heterocycles. The standard InChI is InChI=1S/C6H8O7.In/c7-3(8)1-6(13,5(11)12)2-4(9)10;/h13H,1-2H2,(H,7,8)(H,9,10)(H,11,12);/q;+3/p-3/i;1-4. The van der Waals surface area contributed by atoms with E-state index in [1.165, 1.54) is 0 Å². The summed E-state index contributed by atoms with van der Waals surface area (Å²) in [5.74, 6) is -5.98. The average Bonchev–Trinajstić information content (AvgIpc) is 1.82. The number of aliphatic hydroxyl groups is 1. The summed E-state index contributed by atoms with van der Waals surface area (Å²) in [5.41, 5.74) is -2.97. The molecule has 14 heavy (non-hydrogen) atoms. The molecule has 0 aromatic carbocycles. The average molecular weight is 300 g/mol. The Morgan fingerprint density at radius 3 is 1.43 bits per heavy atom. The van der Waals surface area contributed by atoms with Crippen LogP contribution in [-0.4, -0.2) is 54.5 Å². The van der Waals surface area contributed by atoms with Crippen molar-refractivity contribution in [3.05, 3.63) is 0 Å². The van der Waals surface area contributed by atoms with Crippen molar-refractivity contribution in [1.82, 2.24) is 0 Å². The zero-order valence-corrected chi connectivity index (χ0v) is 10.2. The third-order valence-corrected chi connectivity index (χ3v) is 1.25. The van der Waals surface area contributed by atoms with Crippen LogP contribution in [0.15, 0.2) is 0 Å². The van der Waals surface area contributed by atoms with Gasteiger partial charge in [0.15, 0.2) is 0 Å². The van der Waals surface area contributed by atoms with Gasteiger partial charge in [-0.3, -0.25) is 0 Å². The van der Waals surface area contributed by atoms with Gasteiger partial charge in [0.2, 0.25) is 0 Å². The predicted octanol–water partition coefficient (Wildman–Crippen LogP) is -5.63. The number of carbonyl (C=O) groups excluding carboxylic acids is 3. The van der Waals surface area contributed by atoms with Gasteiger partial charge >= 0.3 is 25.8 Å². The molecule has 0 rings (SSSR count). The second-order valence-electron chi connectivity index (χ2n) is 2.42. The van der Waals surface area contributed by atoms with Gasteiger partial charge in [-0.05, 0) is 0 Å². The fraction of sp³-hybridized carbons (Fsp3) is 0.500. The van der Waals surface area contributed by atoms with E-state index in [1.807, 2.05) is 0 Å². The summed E-state index contributed by atoms with van der Waals surface area (Å²) in [6, 6.07) is 0. The molecule has 7 nitrogen and oxygen atoms in total. The molecule has 0 fully saturated rings. The SMILES string of the molecule is O=C([O-])CC(O)(CC(=O)[O-])C(=O)[O-].[111In+3]. The summed E-state index contributed by atoms with van der Waals surface area (Å²) in [5, 5.41) is 38.9. The van der Waals surface area contributed by atoms with Crippen molar-refractivity contribution in [2.75, 3.05) is 0 Å². The molecule has 0 aromatic rings. The first-order valence-corrected chi connectivity index (χ1v) is 3.11. The number of rotatable bonds is 5. The molecule has 0 saturated carbocycles. The molecule has 0 amide bonds. The smallest absolute Gasteiger partial charge is 0.550 e. The molecule has 0 aromatic heterocycles. The van der Waals surface area contributed by atoms with Crippen LogP contribution in [0, 0.1) is 0 Å². The monoisotopic (exact) mass is 300 g/mol. The minimum Gasteiger partial charge on any atom is -0.550 e.